The number of nitrogens with one attached hydrogen (secondary N) is 1. The van der Waals surface area contributed by atoms with E-state index in [1.54, 1.807) is 0 Å². The Morgan fingerprint density at radius 1 is 1.17 bits per heavy atom. The van der Waals surface area contributed by atoms with E-state index in [1.807, 2.05) is 36.5 Å². The van der Waals surface area contributed by atoms with Crippen LogP contribution in [0.5, 0.6) is 0 Å². The number of rotatable bonds is 0. The van der Waals surface area contributed by atoms with Gasteiger partial charge in [-0.05, 0) is 12.1 Å². The lowest BCUT2D eigenvalue weighted by molar-refractivity contribution is -0.344. The molecule has 0 bridgehead atoms. The van der Waals surface area contributed by atoms with Gasteiger partial charge in [0.25, 0.3) is 0 Å². The molecule has 2 aromatic rings. The topological polar surface area (TPSA) is 37.9 Å². The van der Waals surface area contributed by atoms with Gasteiger partial charge in [0.1, 0.15) is 6.07 Å². The molecule has 0 aliphatic rings. The first kappa shape index (κ1) is 6.81. The molecule has 0 atom stereocenters. The van der Waals surface area contributed by atoms with Gasteiger partial charge in [-0.1, -0.05) is 6.07 Å². The number of pyridine rings is 1. The lowest BCUT2D eigenvalue weighted by Gasteiger charge is -1.91. The highest BCUT2D eigenvalue weighted by atomic mass is 14.6. The van der Waals surface area contributed by atoms with Gasteiger partial charge >= 0.3 is 0 Å². The fourth-order valence-corrected chi connectivity index (χ4v) is 1.25. The van der Waals surface area contributed by atoms with Gasteiger partial charge in [0.05, 0.1) is 10.9 Å². The summed E-state index contributed by atoms with van der Waals surface area (Å²) in [5.74, 6) is 0. The lowest BCUT2D eigenvalue weighted by atomic mass is 10.1. The van der Waals surface area contributed by atoms with Crippen molar-refractivity contribution in [2.24, 2.45) is 0 Å². The molecular formula is C10H7N2+. The van der Waals surface area contributed by atoms with Crippen molar-refractivity contribution in [2.45, 2.75) is 0 Å². The Labute approximate surface area is 70.1 Å². The Bertz CT molecular complexity index is 449. The zero-order valence-corrected chi connectivity index (χ0v) is 6.41. The molecule has 0 spiro atoms. The molecular weight excluding hydrogens is 148 g/mol. The minimum absolute atomic E-state index is 0.712. The highest BCUT2D eigenvalue weighted by Gasteiger charge is 2.02. The third-order valence-electron chi connectivity index (χ3n) is 1.82. The molecule has 0 unspecified atom stereocenters. The van der Waals surface area contributed by atoms with Crippen molar-refractivity contribution < 1.29 is 4.98 Å². The molecule has 1 heterocycles. The van der Waals surface area contributed by atoms with Gasteiger partial charge in [-0.25, -0.2) is 4.98 Å². The molecule has 0 saturated heterocycles. The van der Waals surface area contributed by atoms with Crippen LogP contribution in [0.1, 0.15) is 5.56 Å². The van der Waals surface area contributed by atoms with E-state index in [0.29, 0.717) is 5.56 Å². The molecule has 0 fully saturated rings. The van der Waals surface area contributed by atoms with E-state index in [9.17, 15) is 0 Å². The van der Waals surface area contributed by atoms with E-state index in [-0.39, 0.29) is 0 Å². The predicted octanol–water partition coefficient (Wildman–Crippen LogP) is 1.53. The number of hydrogen-bond acceptors (Lipinski definition) is 1. The normalized spacial score (nSPS) is 9.58. The van der Waals surface area contributed by atoms with Crippen LogP contribution in [0, 0.1) is 11.3 Å². The second-order valence-corrected chi connectivity index (χ2v) is 2.55. The van der Waals surface area contributed by atoms with Crippen molar-refractivity contribution in [2.75, 3.05) is 0 Å². The number of hydrogen-bond donors (Lipinski definition) is 0. The highest BCUT2D eigenvalue weighted by molar-refractivity contribution is 5.81. The largest absolute Gasteiger partial charge is 0.212 e. The fraction of sp³-hybridized carbons (Fsp3) is 0. The molecule has 2 rings (SSSR count). The molecule has 0 aliphatic carbocycles. The predicted molar refractivity (Wildman–Crippen MR) is 45.2 cm³/mol. The third-order valence-corrected chi connectivity index (χ3v) is 1.82. The maximum atomic E-state index is 8.77. The van der Waals surface area contributed by atoms with Crippen LogP contribution < -0.4 is 4.98 Å². The molecule has 1 aromatic heterocycles. The molecule has 1 N–H and O–H groups in total. The zero-order chi connectivity index (χ0) is 8.39. The summed E-state index contributed by atoms with van der Waals surface area (Å²) in [4.78, 5) is 3.07. The van der Waals surface area contributed by atoms with Crippen molar-refractivity contribution in [1.29, 1.82) is 5.26 Å². The molecule has 12 heavy (non-hydrogen) atoms. The number of nitriles is 1. The van der Waals surface area contributed by atoms with Gasteiger partial charge in [0, 0.05) is 12.1 Å². The quantitative estimate of drug-likeness (QED) is 0.568. The van der Waals surface area contributed by atoms with Crippen molar-refractivity contribution >= 4 is 10.9 Å². The molecule has 0 radical (unpaired) electrons. The summed E-state index contributed by atoms with van der Waals surface area (Å²) in [6, 6.07) is 11.6. The summed E-state index contributed by atoms with van der Waals surface area (Å²) >= 11 is 0. The molecule has 0 amide bonds. The Morgan fingerprint density at radius 2 is 2.08 bits per heavy atom. The molecule has 1 aromatic carbocycles. The van der Waals surface area contributed by atoms with Crippen LogP contribution in [0.15, 0.2) is 36.5 Å². The highest BCUT2D eigenvalue weighted by Crippen LogP contribution is 2.12. The van der Waals surface area contributed by atoms with Crippen molar-refractivity contribution in [1.82, 2.24) is 0 Å². The van der Waals surface area contributed by atoms with E-state index < -0.39 is 0 Å². The first-order chi connectivity index (χ1) is 5.92. The van der Waals surface area contributed by atoms with Gasteiger partial charge in [-0.3, -0.25) is 0 Å². The molecule has 0 saturated carbocycles. The van der Waals surface area contributed by atoms with Crippen molar-refractivity contribution in [3.8, 4) is 6.07 Å². The van der Waals surface area contributed by atoms with Crippen LogP contribution >= 0.6 is 0 Å². The number of fused-ring (bicyclic) bond motifs is 1. The molecule has 0 aliphatic heterocycles. The van der Waals surface area contributed by atoms with E-state index in [4.69, 9.17) is 5.26 Å². The van der Waals surface area contributed by atoms with Gasteiger partial charge in [0.15, 0.2) is 6.20 Å². The third kappa shape index (κ3) is 0.923. The van der Waals surface area contributed by atoms with Crippen LogP contribution in [0.2, 0.25) is 0 Å². The number of benzene rings is 1. The van der Waals surface area contributed by atoms with Crippen LogP contribution in [0.4, 0.5) is 0 Å². The van der Waals surface area contributed by atoms with Crippen LogP contribution in [-0.2, 0) is 0 Å². The van der Waals surface area contributed by atoms with Gasteiger partial charge in [-0.15, -0.1) is 0 Å². The van der Waals surface area contributed by atoms with E-state index in [1.165, 1.54) is 0 Å². The summed E-state index contributed by atoms with van der Waals surface area (Å²) in [7, 11) is 0. The maximum absolute atomic E-state index is 8.77. The Balaban J connectivity index is 2.91. The number of nitrogens with zero attached hydrogens (tertiary/aromatic N) is 1. The van der Waals surface area contributed by atoms with Crippen LogP contribution in [0.25, 0.3) is 10.9 Å². The second-order valence-electron chi connectivity index (χ2n) is 2.55. The van der Waals surface area contributed by atoms with Gasteiger partial charge < -0.3 is 0 Å². The molecule has 56 valence electrons. The smallest absolute Gasteiger partial charge is 0.211 e. The summed E-state index contributed by atoms with van der Waals surface area (Å²) in [6.07, 6.45) is 1.85. The van der Waals surface area contributed by atoms with Gasteiger partial charge in [-0.2, -0.15) is 5.26 Å². The summed E-state index contributed by atoms with van der Waals surface area (Å²) in [6.45, 7) is 0. The molecule has 2 nitrogen and oxygen atoms in total. The fourth-order valence-electron chi connectivity index (χ4n) is 1.25. The SMILES string of the molecule is N#Cc1cccc2[nH+]cccc12. The Morgan fingerprint density at radius 3 is 2.92 bits per heavy atom. The monoisotopic (exact) mass is 155 g/mol. The maximum Gasteiger partial charge on any atom is 0.212 e. The van der Waals surface area contributed by atoms with E-state index in [0.717, 1.165) is 10.9 Å². The first-order valence-electron chi connectivity index (χ1n) is 3.71. The number of aromatic nitrogens is 1. The van der Waals surface area contributed by atoms with Gasteiger partial charge in [0.2, 0.25) is 5.52 Å². The minimum atomic E-state index is 0.712. The number of aromatic amines is 1. The average molecular weight is 155 g/mol. The summed E-state index contributed by atoms with van der Waals surface area (Å²) < 4.78 is 0. The summed E-state index contributed by atoms with van der Waals surface area (Å²) in [5, 5.41) is 9.75. The van der Waals surface area contributed by atoms with E-state index in [2.05, 4.69) is 11.1 Å². The Hall–Kier alpha value is -1.88. The van der Waals surface area contributed by atoms with Crippen molar-refractivity contribution in [3.05, 3.63) is 42.1 Å². The number of H-pyrrole nitrogens is 1. The summed E-state index contributed by atoms with van der Waals surface area (Å²) in [5.41, 5.74) is 1.71. The minimum Gasteiger partial charge on any atom is -0.211 e. The van der Waals surface area contributed by atoms with Crippen LogP contribution in [0.3, 0.4) is 0 Å². The van der Waals surface area contributed by atoms with E-state index >= 15 is 0 Å². The zero-order valence-electron chi connectivity index (χ0n) is 6.41. The van der Waals surface area contributed by atoms with Crippen molar-refractivity contribution in [3.63, 3.8) is 0 Å². The Kier molecular flexibility index (Phi) is 1.49. The standard InChI is InChI=1S/C10H6N2/c11-7-8-3-1-5-10-9(8)4-2-6-12-10/h1-6H/p+1. The average Bonchev–Trinajstić information content (AvgIpc) is 2.17. The second kappa shape index (κ2) is 2.63. The lowest BCUT2D eigenvalue weighted by Crippen LogP contribution is -2.01. The first-order valence-corrected chi connectivity index (χ1v) is 3.71. The molecule has 2 heteroatoms. The van der Waals surface area contributed by atoms with Crippen LogP contribution in [-0.4, -0.2) is 0 Å².